The molecule has 2 aliphatic rings. The number of amides is 1. The summed E-state index contributed by atoms with van der Waals surface area (Å²) in [5.74, 6) is 0.0892. The van der Waals surface area contributed by atoms with Gasteiger partial charge in [0.15, 0.2) is 0 Å². The summed E-state index contributed by atoms with van der Waals surface area (Å²) in [6.07, 6.45) is 7.99. The van der Waals surface area contributed by atoms with Gasteiger partial charge in [0.05, 0.1) is 11.0 Å². The fourth-order valence-corrected chi connectivity index (χ4v) is 3.51. The van der Waals surface area contributed by atoms with Gasteiger partial charge in [0.25, 0.3) is 0 Å². The lowest BCUT2D eigenvalue weighted by Gasteiger charge is -2.28. The lowest BCUT2D eigenvalue weighted by Crippen LogP contribution is -2.45. The quantitative estimate of drug-likeness (QED) is 0.837. The molecule has 0 spiro atoms. The number of carbonyl (C=O) groups excluding carboxylic acids is 1. The highest BCUT2D eigenvalue weighted by atomic mass is 16.3. The molecule has 0 unspecified atom stereocenters. The topological polar surface area (TPSA) is 49.3 Å². The predicted molar refractivity (Wildman–Crippen MR) is 83.0 cm³/mol. The molecule has 0 atom stereocenters. The van der Waals surface area contributed by atoms with Crippen LogP contribution in [0.2, 0.25) is 0 Å². The standard InChI is InChI=1S/C18H25NO2/c20-16(18(12-13-18)15-8-4-3-5-9-15)19-14-17(21)10-6-1-2-7-11-17/h3-5,8-9,21H,1-2,6-7,10-14H2,(H,19,20). The lowest BCUT2D eigenvalue weighted by atomic mass is 9.92. The zero-order valence-electron chi connectivity index (χ0n) is 12.6. The summed E-state index contributed by atoms with van der Waals surface area (Å²) in [4.78, 5) is 12.6. The summed E-state index contributed by atoms with van der Waals surface area (Å²) in [5.41, 5.74) is 0.0803. The van der Waals surface area contributed by atoms with Gasteiger partial charge in [-0.25, -0.2) is 0 Å². The molecule has 2 fully saturated rings. The Morgan fingerprint density at radius 1 is 1.00 bits per heavy atom. The summed E-state index contributed by atoms with van der Waals surface area (Å²) >= 11 is 0. The predicted octanol–water partition coefficient (Wildman–Crippen LogP) is 2.92. The van der Waals surface area contributed by atoms with Crippen molar-refractivity contribution in [3.05, 3.63) is 35.9 Å². The molecule has 114 valence electrons. The second-order valence-electron chi connectivity index (χ2n) is 6.77. The van der Waals surface area contributed by atoms with Crippen LogP contribution in [0, 0.1) is 0 Å². The smallest absolute Gasteiger partial charge is 0.230 e. The molecule has 3 nitrogen and oxygen atoms in total. The van der Waals surface area contributed by atoms with Crippen molar-refractivity contribution < 1.29 is 9.90 Å². The van der Waals surface area contributed by atoms with E-state index in [2.05, 4.69) is 5.32 Å². The van der Waals surface area contributed by atoms with Gasteiger partial charge in [0.2, 0.25) is 5.91 Å². The number of rotatable bonds is 4. The molecule has 0 aromatic heterocycles. The Kier molecular flexibility index (Phi) is 4.03. The molecular formula is C18H25NO2. The van der Waals surface area contributed by atoms with Crippen LogP contribution in [0.25, 0.3) is 0 Å². The van der Waals surface area contributed by atoms with E-state index in [1.807, 2.05) is 30.3 Å². The number of benzene rings is 1. The second kappa shape index (κ2) is 5.80. The number of carbonyl (C=O) groups is 1. The van der Waals surface area contributed by atoms with E-state index in [-0.39, 0.29) is 11.3 Å². The molecule has 1 amide bonds. The van der Waals surface area contributed by atoms with Crippen molar-refractivity contribution in [1.29, 1.82) is 0 Å². The van der Waals surface area contributed by atoms with E-state index in [0.717, 1.165) is 44.1 Å². The van der Waals surface area contributed by atoms with E-state index in [1.165, 1.54) is 12.8 Å². The third kappa shape index (κ3) is 3.13. The van der Waals surface area contributed by atoms with E-state index in [9.17, 15) is 9.90 Å². The average molecular weight is 287 g/mol. The minimum atomic E-state index is -0.696. The van der Waals surface area contributed by atoms with E-state index in [1.54, 1.807) is 0 Å². The largest absolute Gasteiger partial charge is 0.388 e. The van der Waals surface area contributed by atoms with Crippen molar-refractivity contribution in [3.63, 3.8) is 0 Å². The number of hydrogen-bond donors (Lipinski definition) is 2. The maximum atomic E-state index is 12.6. The first-order valence-corrected chi connectivity index (χ1v) is 8.21. The highest BCUT2D eigenvalue weighted by molar-refractivity contribution is 5.91. The van der Waals surface area contributed by atoms with Gasteiger partial charge in [-0.3, -0.25) is 4.79 Å². The third-order valence-electron chi connectivity index (χ3n) is 5.12. The Morgan fingerprint density at radius 2 is 1.62 bits per heavy atom. The maximum Gasteiger partial charge on any atom is 0.230 e. The Morgan fingerprint density at radius 3 is 2.19 bits per heavy atom. The molecule has 0 saturated heterocycles. The van der Waals surface area contributed by atoms with Crippen LogP contribution in [0.1, 0.15) is 56.9 Å². The monoisotopic (exact) mass is 287 g/mol. The molecule has 1 aromatic carbocycles. The van der Waals surface area contributed by atoms with Gasteiger partial charge < -0.3 is 10.4 Å². The highest BCUT2D eigenvalue weighted by Gasteiger charge is 2.51. The Labute approximate surface area is 126 Å². The van der Waals surface area contributed by atoms with Gasteiger partial charge in [-0.15, -0.1) is 0 Å². The molecule has 21 heavy (non-hydrogen) atoms. The first-order chi connectivity index (χ1) is 10.1. The molecular weight excluding hydrogens is 262 g/mol. The first-order valence-electron chi connectivity index (χ1n) is 8.21. The van der Waals surface area contributed by atoms with Crippen molar-refractivity contribution in [1.82, 2.24) is 5.32 Å². The molecule has 2 saturated carbocycles. The minimum Gasteiger partial charge on any atom is -0.388 e. The van der Waals surface area contributed by atoms with E-state index in [4.69, 9.17) is 0 Å². The van der Waals surface area contributed by atoms with Crippen molar-refractivity contribution in [2.75, 3.05) is 6.54 Å². The van der Waals surface area contributed by atoms with Crippen LogP contribution >= 0.6 is 0 Å². The molecule has 2 aliphatic carbocycles. The van der Waals surface area contributed by atoms with E-state index < -0.39 is 5.60 Å². The van der Waals surface area contributed by atoms with Gasteiger partial charge in [-0.2, -0.15) is 0 Å². The van der Waals surface area contributed by atoms with E-state index >= 15 is 0 Å². The van der Waals surface area contributed by atoms with E-state index in [0.29, 0.717) is 6.54 Å². The minimum absolute atomic E-state index is 0.0892. The normalized spacial score (nSPS) is 23.1. The molecule has 0 radical (unpaired) electrons. The number of nitrogens with one attached hydrogen (secondary N) is 1. The number of aliphatic hydroxyl groups is 1. The maximum absolute atomic E-state index is 12.6. The highest BCUT2D eigenvalue weighted by Crippen LogP contribution is 2.48. The first kappa shape index (κ1) is 14.6. The molecule has 2 N–H and O–H groups in total. The Bertz CT molecular complexity index is 485. The molecule has 0 aliphatic heterocycles. The second-order valence-corrected chi connectivity index (χ2v) is 6.77. The fourth-order valence-electron chi connectivity index (χ4n) is 3.51. The van der Waals surface area contributed by atoms with Crippen molar-refractivity contribution in [2.45, 2.75) is 62.4 Å². The zero-order valence-corrected chi connectivity index (χ0v) is 12.6. The molecule has 3 heteroatoms. The van der Waals surface area contributed by atoms with Gasteiger partial charge >= 0.3 is 0 Å². The average Bonchev–Trinajstić information content (AvgIpc) is 3.32. The van der Waals surface area contributed by atoms with Gasteiger partial charge in [0, 0.05) is 6.54 Å². The molecule has 1 aromatic rings. The van der Waals surface area contributed by atoms with Crippen molar-refractivity contribution in [3.8, 4) is 0 Å². The van der Waals surface area contributed by atoms with Crippen LogP contribution in [0.5, 0.6) is 0 Å². The van der Waals surface area contributed by atoms with Crippen LogP contribution < -0.4 is 5.32 Å². The van der Waals surface area contributed by atoms with Gasteiger partial charge in [-0.05, 0) is 31.2 Å². The number of hydrogen-bond acceptors (Lipinski definition) is 2. The van der Waals surface area contributed by atoms with Crippen LogP contribution in [0.3, 0.4) is 0 Å². The zero-order chi connectivity index (χ0) is 14.8. The Balaban J connectivity index is 1.62. The summed E-state index contributed by atoms with van der Waals surface area (Å²) < 4.78 is 0. The van der Waals surface area contributed by atoms with Crippen molar-refractivity contribution >= 4 is 5.91 Å². The fraction of sp³-hybridized carbons (Fsp3) is 0.611. The van der Waals surface area contributed by atoms with Gasteiger partial charge in [-0.1, -0.05) is 56.0 Å². The SMILES string of the molecule is O=C(NCC1(O)CCCCCC1)C1(c2ccccc2)CC1. The van der Waals surface area contributed by atoms with Gasteiger partial charge in [0.1, 0.15) is 0 Å². The summed E-state index contributed by atoms with van der Waals surface area (Å²) in [5, 5.41) is 13.7. The summed E-state index contributed by atoms with van der Waals surface area (Å²) in [7, 11) is 0. The van der Waals surface area contributed by atoms with Crippen LogP contribution in [0.15, 0.2) is 30.3 Å². The summed E-state index contributed by atoms with van der Waals surface area (Å²) in [6.45, 7) is 0.403. The third-order valence-corrected chi connectivity index (χ3v) is 5.12. The van der Waals surface area contributed by atoms with Crippen LogP contribution in [-0.4, -0.2) is 23.2 Å². The van der Waals surface area contributed by atoms with Crippen LogP contribution in [-0.2, 0) is 10.2 Å². The lowest BCUT2D eigenvalue weighted by molar-refractivity contribution is -0.125. The summed E-state index contributed by atoms with van der Waals surface area (Å²) in [6, 6.07) is 10.0. The molecule has 3 rings (SSSR count). The molecule has 0 heterocycles. The Hall–Kier alpha value is -1.35. The molecule has 0 bridgehead atoms. The van der Waals surface area contributed by atoms with Crippen LogP contribution in [0.4, 0.5) is 0 Å². The van der Waals surface area contributed by atoms with Crippen molar-refractivity contribution in [2.24, 2.45) is 0 Å².